The third kappa shape index (κ3) is 4.38. The molecule has 10 atom stereocenters. The predicted octanol–water partition coefficient (Wildman–Crippen LogP) is 3.97. The molecule has 190 valence electrons. The SMILES string of the molecule is COC(=O)CC[C@@H](C)C1CC[C@H]2C3[C@H](NS(=O)(=O)O)CC4CCCCC4(C)[C@H]3C[C@H](O)C12C. The van der Waals surface area contributed by atoms with Crippen molar-refractivity contribution >= 4 is 16.3 Å². The van der Waals surface area contributed by atoms with Gasteiger partial charge >= 0.3 is 16.3 Å². The number of fused-ring (bicyclic) bond motifs is 5. The number of aliphatic hydroxyl groups excluding tert-OH is 1. The number of methoxy groups -OCH3 is 1. The lowest BCUT2D eigenvalue weighted by atomic mass is 9.43. The summed E-state index contributed by atoms with van der Waals surface area (Å²) in [4.78, 5) is 11.7. The van der Waals surface area contributed by atoms with Gasteiger partial charge in [-0.15, -0.1) is 0 Å². The van der Waals surface area contributed by atoms with Crippen LogP contribution in [-0.2, 0) is 19.8 Å². The van der Waals surface area contributed by atoms with E-state index in [4.69, 9.17) is 4.74 Å². The summed E-state index contributed by atoms with van der Waals surface area (Å²) >= 11 is 0. The minimum Gasteiger partial charge on any atom is -0.469 e. The second-order valence-electron chi connectivity index (χ2n) is 12.1. The molecule has 0 spiro atoms. The first-order valence-electron chi connectivity index (χ1n) is 12.9. The summed E-state index contributed by atoms with van der Waals surface area (Å²) in [6.07, 6.45) is 8.63. The lowest BCUT2D eigenvalue weighted by Crippen LogP contribution is -2.64. The van der Waals surface area contributed by atoms with Crippen molar-refractivity contribution in [1.82, 2.24) is 4.72 Å². The Balaban J connectivity index is 1.66. The van der Waals surface area contributed by atoms with Crippen LogP contribution < -0.4 is 4.72 Å². The molecule has 0 aromatic heterocycles. The van der Waals surface area contributed by atoms with Crippen LogP contribution in [0.1, 0.15) is 85.0 Å². The number of carbonyl (C=O) groups excluding carboxylic acids is 1. The van der Waals surface area contributed by atoms with E-state index in [-0.39, 0.29) is 52.4 Å². The van der Waals surface area contributed by atoms with Crippen LogP contribution in [0, 0.1) is 46.3 Å². The molecule has 4 saturated carbocycles. The maximum atomic E-state index is 12.0. The summed E-state index contributed by atoms with van der Waals surface area (Å²) in [6.45, 7) is 6.75. The topological polar surface area (TPSA) is 113 Å². The first kappa shape index (κ1) is 25.4. The first-order chi connectivity index (χ1) is 15.4. The second-order valence-corrected chi connectivity index (χ2v) is 13.3. The zero-order valence-electron chi connectivity index (χ0n) is 20.6. The van der Waals surface area contributed by atoms with Crippen LogP contribution in [0.15, 0.2) is 0 Å². The molecule has 4 aliphatic rings. The number of nitrogens with one attached hydrogen (secondary N) is 1. The van der Waals surface area contributed by atoms with Crippen LogP contribution in [-0.4, -0.2) is 43.3 Å². The van der Waals surface area contributed by atoms with Crippen molar-refractivity contribution in [2.24, 2.45) is 46.3 Å². The van der Waals surface area contributed by atoms with E-state index in [2.05, 4.69) is 25.5 Å². The van der Waals surface area contributed by atoms with Crippen molar-refractivity contribution in [3.63, 3.8) is 0 Å². The van der Waals surface area contributed by atoms with Crippen LogP contribution in [0.2, 0.25) is 0 Å². The monoisotopic (exact) mass is 485 g/mol. The highest BCUT2D eigenvalue weighted by atomic mass is 32.2. The average molecular weight is 486 g/mol. The van der Waals surface area contributed by atoms with E-state index >= 15 is 0 Å². The second kappa shape index (κ2) is 9.07. The zero-order chi connectivity index (χ0) is 24.2. The fraction of sp³-hybridized carbons (Fsp3) is 0.960. The van der Waals surface area contributed by atoms with Crippen LogP contribution in [0.4, 0.5) is 0 Å². The average Bonchev–Trinajstić information content (AvgIpc) is 3.10. The van der Waals surface area contributed by atoms with Crippen LogP contribution >= 0.6 is 0 Å². The summed E-state index contributed by atoms with van der Waals surface area (Å²) in [5.74, 6) is 1.29. The molecule has 3 N–H and O–H groups in total. The fourth-order valence-corrected chi connectivity index (χ4v) is 9.83. The minimum atomic E-state index is -4.31. The van der Waals surface area contributed by atoms with Crippen LogP contribution in [0.5, 0.6) is 0 Å². The Morgan fingerprint density at radius 1 is 1.15 bits per heavy atom. The van der Waals surface area contributed by atoms with E-state index in [1.807, 2.05) is 0 Å². The number of ether oxygens (including phenoxy) is 1. The summed E-state index contributed by atoms with van der Waals surface area (Å²) < 4.78 is 41.1. The normalized spacial score (nSPS) is 46.1. The first-order valence-corrected chi connectivity index (χ1v) is 14.4. The molecule has 0 aromatic rings. The summed E-state index contributed by atoms with van der Waals surface area (Å²) in [5, 5.41) is 11.7. The van der Waals surface area contributed by atoms with Gasteiger partial charge in [0.25, 0.3) is 0 Å². The van der Waals surface area contributed by atoms with Crippen molar-refractivity contribution in [3.8, 4) is 0 Å². The van der Waals surface area contributed by atoms with Crippen LogP contribution in [0.25, 0.3) is 0 Å². The van der Waals surface area contributed by atoms with Crippen molar-refractivity contribution in [2.45, 2.75) is 97.1 Å². The number of hydrogen-bond donors (Lipinski definition) is 3. The van der Waals surface area contributed by atoms with E-state index < -0.39 is 16.4 Å². The molecule has 5 unspecified atom stereocenters. The Labute approximate surface area is 199 Å². The van der Waals surface area contributed by atoms with Gasteiger partial charge in [-0.1, -0.05) is 33.6 Å². The van der Waals surface area contributed by atoms with Gasteiger partial charge in [-0.2, -0.15) is 13.1 Å². The van der Waals surface area contributed by atoms with Crippen molar-refractivity contribution in [1.29, 1.82) is 0 Å². The third-order valence-electron chi connectivity index (χ3n) is 10.8. The molecule has 33 heavy (non-hydrogen) atoms. The number of carbonyl (C=O) groups is 1. The quantitative estimate of drug-likeness (QED) is 0.388. The Bertz CT molecular complexity index is 848. The molecule has 4 aliphatic carbocycles. The largest absolute Gasteiger partial charge is 0.469 e. The third-order valence-corrected chi connectivity index (χ3v) is 11.4. The zero-order valence-corrected chi connectivity index (χ0v) is 21.4. The standard InChI is InChI=1S/C25H43NO6S/c1-15(8-11-22(28)32-4)17-9-10-18-23-19(14-21(27)25(17,18)3)24(2)12-6-5-7-16(24)13-20(23)26-33(29,30)31/h15-21,23,26-27H,5-14H2,1-4H3,(H,29,30,31)/t15-,16?,17?,18+,19+,20-,21+,23?,24?,25?/m1/s1. The Morgan fingerprint density at radius 3 is 2.55 bits per heavy atom. The maximum Gasteiger partial charge on any atom is 0.333 e. The molecule has 8 heteroatoms. The summed E-state index contributed by atoms with van der Waals surface area (Å²) in [6, 6.07) is -0.290. The molecule has 0 aromatic carbocycles. The highest BCUT2D eigenvalue weighted by Crippen LogP contribution is 2.68. The van der Waals surface area contributed by atoms with Crippen molar-refractivity contribution in [2.75, 3.05) is 7.11 Å². The van der Waals surface area contributed by atoms with Gasteiger partial charge in [-0.25, -0.2) is 0 Å². The molecular formula is C25H43NO6S. The van der Waals surface area contributed by atoms with Gasteiger partial charge in [-0.3, -0.25) is 9.35 Å². The summed E-state index contributed by atoms with van der Waals surface area (Å²) in [5.41, 5.74) is -0.217. The number of hydrogen-bond acceptors (Lipinski definition) is 5. The van der Waals surface area contributed by atoms with Gasteiger partial charge in [0.2, 0.25) is 0 Å². The lowest BCUT2D eigenvalue weighted by molar-refractivity contribution is -0.175. The maximum absolute atomic E-state index is 12.0. The molecule has 0 radical (unpaired) electrons. The predicted molar refractivity (Wildman–Crippen MR) is 125 cm³/mol. The molecule has 7 nitrogen and oxygen atoms in total. The number of aliphatic hydroxyl groups is 1. The van der Waals surface area contributed by atoms with E-state index in [1.165, 1.54) is 20.0 Å². The van der Waals surface area contributed by atoms with Crippen molar-refractivity contribution < 1.29 is 27.6 Å². The molecule has 0 aliphatic heterocycles. The summed E-state index contributed by atoms with van der Waals surface area (Å²) in [7, 11) is -2.90. The van der Waals surface area contributed by atoms with E-state index in [0.717, 1.165) is 38.5 Å². The van der Waals surface area contributed by atoms with Gasteiger partial charge < -0.3 is 9.84 Å². The highest BCUT2D eigenvalue weighted by molar-refractivity contribution is 7.83. The molecule has 4 rings (SSSR count). The van der Waals surface area contributed by atoms with Gasteiger partial charge in [0, 0.05) is 12.5 Å². The molecule has 0 bridgehead atoms. The van der Waals surface area contributed by atoms with E-state index in [0.29, 0.717) is 18.8 Å². The fourth-order valence-electron chi connectivity index (χ4n) is 9.19. The van der Waals surface area contributed by atoms with E-state index in [9.17, 15) is 22.9 Å². The van der Waals surface area contributed by atoms with Gasteiger partial charge in [0.15, 0.2) is 0 Å². The van der Waals surface area contributed by atoms with E-state index in [1.54, 1.807) is 0 Å². The van der Waals surface area contributed by atoms with Gasteiger partial charge in [0.05, 0.1) is 13.2 Å². The highest BCUT2D eigenvalue weighted by Gasteiger charge is 2.65. The smallest absolute Gasteiger partial charge is 0.333 e. The number of rotatable bonds is 6. The number of esters is 1. The van der Waals surface area contributed by atoms with Crippen molar-refractivity contribution in [3.05, 3.63) is 0 Å². The Hall–Kier alpha value is -0.700. The lowest BCUT2D eigenvalue weighted by Gasteiger charge is -2.64. The molecule has 4 fully saturated rings. The van der Waals surface area contributed by atoms with Crippen LogP contribution in [0.3, 0.4) is 0 Å². The van der Waals surface area contributed by atoms with Gasteiger partial charge in [-0.05, 0) is 91.3 Å². The minimum absolute atomic E-state index is 0.108. The Morgan fingerprint density at radius 2 is 1.88 bits per heavy atom. The van der Waals surface area contributed by atoms with Gasteiger partial charge in [0.1, 0.15) is 0 Å². The molecule has 0 saturated heterocycles. The molecule has 0 heterocycles. The Kier molecular flexibility index (Phi) is 6.98. The molecule has 0 amide bonds. The molecular weight excluding hydrogens is 442 g/mol.